The summed E-state index contributed by atoms with van der Waals surface area (Å²) in [5, 5.41) is 20.6. The Bertz CT molecular complexity index is 850. The van der Waals surface area contributed by atoms with E-state index in [0.29, 0.717) is 33.4 Å². The highest BCUT2D eigenvalue weighted by Gasteiger charge is 2.41. The third-order valence-electron chi connectivity index (χ3n) is 5.59. The first-order valence-electron chi connectivity index (χ1n) is 10.5. The van der Waals surface area contributed by atoms with Gasteiger partial charge in [0.2, 0.25) is 0 Å². The number of aromatic hydroxyl groups is 2. The number of benzene rings is 2. The molecule has 2 N–H and O–H groups in total. The second-order valence-corrected chi connectivity index (χ2v) is 7.96. The van der Waals surface area contributed by atoms with E-state index in [1.165, 1.54) is 0 Å². The summed E-state index contributed by atoms with van der Waals surface area (Å²) in [4.78, 5) is 25.5. The van der Waals surface area contributed by atoms with E-state index in [2.05, 4.69) is 0 Å². The summed E-state index contributed by atoms with van der Waals surface area (Å²) in [6.45, 7) is 11.0. The van der Waals surface area contributed by atoms with Crippen LogP contribution in [0.1, 0.15) is 60.1 Å². The van der Waals surface area contributed by atoms with Crippen LogP contribution in [0.3, 0.4) is 0 Å². The van der Waals surface area contributed by atoms with Crippen molar-refractivity contribution in [2.24, 2.45) is 0 Å². The molecule has 0 aromatic heterocycles. The molecule has 0 atom stereocenters. The van der Waals surface area contributed by atoms with Gasteiger partial charge >= 0.3 is 11.9 Å². The molecule has 0 spiro atoms. The molecule has 0 aliphatic rings. The van der Waals surface area contributed by atoms with Crippen LogP contribution < -0.4 is 0 Å². The molecule has 2 rings (SSSR count). The minimum absolute atomic E-state index is 0.0903. The lowest BCUT2D eigenvalue weighted by Gasteiger charge is -2.35. The maximum absolute atomic E-state index is 12.7. The van der Waals surface area contributed by atoms with Crippen LogP contribution in [0.25, 0.3) is 0 Å². The van der Waals surface area contributed by atoms with E-state index in [4.69, 9.17) is 9.47 Å². The molecular formula is C25H32O6. The number of hydrogen-bond acceptors (Lipinski definition) is 6. The Hall–Kier alpha value is -3.02. The smallest absolute Gasteiger partial charge is 0.307 e. The topological polar surface area (TPSA) is 93.1 Å². The first-order chi connectivity index (χ1) is 14.5. The number of aryl methyl sites for hydroxylation is 4. The Kier molecular flexibility index (Phi) is 7.71. The van der Waals surface area contributed by atoms with Gasteiger partial charge in [-0.25, -0.2) is 0 Å². The summed E-state index contributed by atoms with van der Waals surface area (Å²) in [6.07, 6.45) is -0.181. The summed E-state index contributed by atoms with van der Waals surface area (Å²) < 4.78 is 10.5. The van der Waals surface area contributed by atoms with E-state index in [9.17, 15) is 19.8 Å². The number of hydrogen-bond donors (Lipinski definition) is 2. The van der Waals surface area contributed by atoms with Gasteiger partial charge in [0, 0.05) is 5.41 Å². The minimum Gasteiger partial charge on any atom is -0.507 e. The SMILES string of the molecule is CCOC(=O)CC(CC(=O)OCC)(c1cc(C)c(O)c(C)c1)c1cc(C)c(O)c(C)c1. The van der Waals surface area contributed by atoms with E-state index < -0.39 is 17.4 Å². The fourth-order valence-corrected chi connectivity index (χ4v) is 4.02. The number of phenols is 2. The first-order valence-corrected chi connectivity index (χ1v) is 10.5. The van der Waals surface area contributed by atoms with Crippen molar-refractivity contribution in [3.63, 3.8) is 0 Å². The van der Waals surface area contributed by atoms with Crippen LogP contribution in [0.4, 0.5) is 0 Å². The standard InChI is InChI=1S/C25H32O6/c1-7-30-21(26)13-25(14-22(27)31-8-2,19-9-15(3)23(28)16(4)10-19)20-11-17(5)24(29)18(6)12-20/h9-12,28-29H,7-8,13-14H2,1-6H3. The van der Waals surface area contributed by atoms with Crippen molar-refractivity contribution >= 4 is 11.9 Å². The number of carbonyl (C=O) groups excluding carboxylic acids is 2. The number of rotatable bonds is 8. The van der Waals surface area contributed by atoms with Gasteiger partial charge in [0.25, 0.3) is 0 Å². The monoisotopic (exact) mass is 428 g/mol. The van der Waals surface area contributed by atoms with E-state index in [1.807, 2.05) is 0 Å². The predicted molar refractivity (Wildman–Crippen MR) is 118 cm³/mol. The Morgan fingerprint density at radius 3 is 1.26 bits per heavy atom. The molecule has 0 bridgehead atoms. The van der Waals surface area contributed by atoms with Gasteiger partial charge in [0.1, 0.15) is 11.5 Å². The number of ether oxygens (including phenoxy) is 2. The lowest BCUT2D eigenvalue weighted by atomic mass is 9.68. The quantitative estimate of drug-likeness (QED) is 0.601. The van der Waals surface area contributed by atoms with E-state index in [1.54, 1.807) is 65.8 Å². The zero-order valence-electron chi connectivity index (χ0n) is 19.2. The van der Waals surface area contributed by atoms with Crippen LogP contribution in [0.5, 0.6) is 11.5 Å². The van der Waals surface area contributed by atoms with Gasteiger partial charge in [-0.15, -0.1) is 0 Å². The van der Waals surface area contributed by atoms with Crippen molar-refractivity contribution < 1.29 is 29.3 Å². The summed E-state index contributed by atoms with van der Waals surface area (Å²) in [7, 11) is 0. The van der Waals surface area contributed by atoms with Crippen molar-refractivity contribution in [2.75, 3.05) is 13.2 Å². The van der Waals surface area contributed by atoms with Crippen molar-refractivity contribution in [3.05, 3.63) is 57.6 Å². The zero-order chi connectivity index (χ0) is 23.3. The fraction of sp³-hybridized carbons (Fsp3) is 0.440. The molecule has 31 heavy (non-hydrogen) atoms. The molecule has 0 saturated carbocycles. The summed E-state index contributed by atoms with van der Waals surface area (Å²) in [5.74, 6) is -0.553. The molecule has 2 aromatic carbocycles. The molecule has 0 aliphatic carbocycles. The van der Waals surface area contributed by atoms with Gasteiger partial charge < -0.3 is 19.7 Å². The van der Waals surface area contributed by atoms with Crippen LogP contribution in [0.2, 0.25) is 0 Å². The molecule has 6 nitrogen and oxygen atoms in total. The molecule has 2 aromatic rings. The zero-order valence-corrected chi connectivity index (χ0v) is 19.2. The first kappa shape index (κ1) is 24.3. The average molecular weight is 429 g/mol. The second kappa shape index (κ2) is 9.86. The van der Waals surface area contributed by atoms with Crippen molar-refractivity contribution in [1.82, 2.24) is 0 Å². The molecule has 0 radical (unpaired) electrons. The lowest BCUT2D eigenvalue weighted by molar-refractivity contribution is -0.147. The van der Waals surface area contributed by atoms with Gasteiger partial charge in [0.15, 0.2) is 0 Å². The second-order valence-electron chi connectivity index (χ2n) is 7.96. The van der Waals surface area contributed by atoms with Gasteiger partial charge in [-0.05, 0) is 74.9 Å². The normalized spacial score (nSPS) is 11.3. The van der Waals surface area contributed by atoms with Gasteiger partial charge in [0.05, 0.1) is 26.1 Å². The number of phenolic OH excluding ortho intramolecular Hbond substituents is 2. The van der Waals surface area contributed by atoms with Gasteiger partial charge in [-0.2, -0.15) is 0 Å². The van der Waals surface area contributed by atoms with E-state index >= 15 is 0 Å². The highest BCUT2D eigenvalue weighted by atomic mass is 16.5. The molecule has 0 aliphatic heterocycles. The summed E-state index contributed by atoms with van der Waals surface area (Å²) in [5.41, 5.74) is 2.86. The Balaban J connectivity index is 2.86. The Morgan fingerprint density at radius 1 is 0.710 bits per heavy atom. The van der Waals surface area contributed by atoms with Crippen LogP contribution in [-0.4, -0.2) is 35.4 Å². The fourth-order valence-electron chi connectivity index (χ4n) is 4.02. The molecule has 168 valence electrons. The van der Waals surface area contributed by atoms with Crippen LogP contribution in [0.15, 0.2) is 24.3 Å². The third-order valence-corrected chi connectivity index (χ3v) is 5.59. The van der Waals surface area contributed by atoms with Crippen molar-refractivity contribution in [3.8, 4) is 11.5 Å². The minimum atomic E-state index is -1.09. The lowest BCUT2D eigenvalue weighted by Crippen LogP contribution is -2.35. The molecule has 0 unspecified atom stereocenters. The van der Waals surface area contributed by atoms with Gasteiger partial charge in [-0.3, -0.25) is 9.59 Å². The summed E-state index contributed by atoms with van der Waals surface area (Å²) in [6, 6.07) is 7.16. The Morgan fingerprint density at radius 2 is 1.00 bits per heavy atom. The van der Waals surface area contributed by atoms with E-state index in [0.717, 1.165) is 0 Å². The van der Waals surface area contributed by atoms with Crippen LogP contribution in [0, 0.1) is 27.7 Å². The molecule has 0 saturated heterocycles. The average Bonchev–Trinajstić information content (AvgIpc) is 2.69. The molecule has 0 fully saturated rings. The summed E-state index contributed by atoms with van der Waals surface area (Å²) >= 11 is 0. The maximum atomic E-state index is 12.7. The van der Waals surface area contributed by atoms with Crippen molar-refractivity contribution in [2.45, 2.75) is 59.8 Å². The Labute approximate surface area is 183 Å². The predicted octanol–water partition coefficient (Wildman–Crippen LogP) is 4.52. The van der Waals surface area contributed by atoms with Crippen molar-refractivity contribution in [1.29, 1.82) is 0 Å². The number of esters is 2. The van der Waals surface area contributed by atoms with Crippen LogP contribution >= 0.6 is 0 Å². The molecular weight excluding hydrogens is 396 g/mol. The largest absolute Gasteiger partial charge is 0.507 e. The van der Waals surface area contributed by atoms with Gasteiger partial charge in [-0.1, -0.05) is 24.3 Å². The highest BCUT2D eigenvalue weighted by Crippen LogP contribution is 2.44. The maximum Gasteiger partial charge on any atom is 0.307 e. The molecule has 0 amide bonds. The van der Waals surface area contributed by atoms with E-state index in [-0.39, 0.29) is 37.6 Å². The highest BCUT2D eigenvalue weighted by molar-refractivity contribution is 5.78. The third kappa shape index (κ3) is 5.19. The van der Waals surface area contributed by atoms with Crippen LogP contribution in [-0.2, 0) is 24.5 Å². The number of carbonyl (C=O) groups is 2. The molecule has 6 heteroatoms. The molecule has 0 heterocycles.